The molecule has 34 heavy (non-hydrogen) atoms. The second kappa shape index (κ2) is 12.4. The van der Waals surface area contributed by atoms with Crippen molar-refractivity contribution >= 4 is 10.1 Å². The van der Waals surface area contributed by atoms with E-state index >= 15 is 0 Å². The SMILES string of the molecule is C=C[C@@H]([C@H](CO)OS(C)(=O)=O)[C@H]1C[C@@H](COCc2ccc(OC)cc2)O[C@@H](c2ccccc2)O1. The van der Waals surface area contributed by atoms with Crippen LogP contribution in [0.4, 0.5) is 0 Å². The van der Waals surface area contributed by atoms with E-state index in [1.807, 2.05) is 54.6 Å². The van der Waals surface area contributed by atoms with Crippen molar-refractivity contribution in [2.45, 2.75) is 37.6 Å². The maximum absolute atomic E-state index is 11.7. The van der Waals surface area contributed by atoms with Crippen LogP contribution in [0, 0.1) is 5.92 Å². The Morgan fingerprint density at radius 3 is 2.44 bits per heavy atom. The zero-order valence-corrected chi connectivity index (χ0v) is 20.2. The number of aliphatic hydroxyl groups is 1. The monoisotopic (exact) mass is 492 g/mol. The predicted octanol–water partition coefficient (Wildman–Crippen LogP) is 3.22. The molecule has 0 aromatic heterocycles. The van der Waals surface area contributed by atoms with Gasteiger partial charge in [0.2, 0.25) is 0 Å². The zero-order chi connectivity index (χ0) is 24.6. The van der Waals surface area contributed by atoms with Gasteiger partial charge in [0.25, 0.3) is 10.1 Å². The molecule has 186 valence electrons. The molecule has 1 fully saturated rings. The first-order valence-electron chi connectivity index (χ1n) is 11.0. The maximum Gasteiger partial charge on any atom is 0.264 e. The van der Waals surface area contributed by atoms with E-state index in [-0.39, 0.29) is 6.10 Å². The van der Waals surface area contributed by atoms with E-state index in [4.69, 9.17) is 23.1 Å². The number of hydrogen-bond donors (Lipinski definition) is 1. The van der Waals surface area contributed by atoms with Crippen molar-refractivity contribution in [3.63, 3.8) is 0 Å². The molecule has 0 saturated carbocycles. The molecule has 1 saturated heterocycles. The Hall–Kier alpha value is -2.27. The average molecular weight is 493 g/mol. The predicted molar refractivity (Wildman–Crippen MR) is 127 cm³/mol. The van der Waals surface area contributed by atoms with E-state index in [9.17, 15) is 13.5 Å². The fourth-order valence-electron chi connectivity index (χ4n) is 3.87. The highest BCUT2D eigenvalue weighted by Gasteiger charge is 2.39. The summed E-state index contributed by atoms with van der Waals surface area (Å²) in [6, 6.07) is 17.1. The summed E-state index contributed by atoms with van der Waals surface area (Å²) < 4.78 is 52.0. The number of benzene rings is 2. The standard InChI is InChI=1S/C25H32O8S/c1-4-22(24(15-26)33-34(3,27)28)23-14-21(31-25(32-23)19-8-6-5-7-9-19)17-30-16-18-10-12-20(29-2)13-11-18/h4-13,21-26H,1,14-17H2,2-3H3/t21-,22+,23+,24-,25+/m0/s1. The molecule has 1 aliphatic rings. The van der Waals surface area contributed by atoms with E-state index in [2.05, 4.69) is 6.58 Å². The van der Waals surface area contributed by atoms with Gasteiger partial charge < -0.3 is 24.1 Å². The van der Waals surface area contributed by atoms with E-state index < -0.39 is 41.1 Å². The lowest BCUT2D eigenvalue weighted by Gasteiger charge is -2.40. The van der Waals surface area contributed by atoms with E-state index in [1.165, 1.54) is 0 Å². The molecule has 0 bridgehead atoms. The number of hydrogen-bond acceptors (Lipinski definition) is 8. The molecule has 0 radical (unpaired) electrons. The van der Waals surface area contributed by atoms with Crippen LogP contribution in [-0.4, -0.2) is 58.4 Å². The summed E-state index contributed by atoms with van der Waals surface area (Å²) in [6.45, 7) is 4.02. The average Bonchev–Trinajstić information content (AvgIpc) is 2.84. The second-order valence-electron chi connectivity index (χ2n) is 8.11. The highest BCUT2D eigenvalue weighted by molar-refractivity contribution is 7.86. The molecule has 0 spiro atoms. The molecule has 1 N–H and O–H groups in total. The molecule has 0 amide bonds. The third-order valence-electron chi connectivity index (χ3n) is 5.52. The van der Waals surface area contributed by atoms with E-state index in [0.29, 0.717) is 19.6 Å². The van der Waals surface area contributed by atoms with Crippen LogP contribution in [0.3, 0.4) is 0 Å². The minimum atomic E-state index is -3.79. The highest BCUT2D eigenvalue weighted by Crippen LogP contribution is 2.35. The van der Waals surface area contributed by atoms with Crippen molar-refractivity contribution in [1.29, 1.82) is 0 Å². The third-order valence-corrected chi connectivity index (χ3v) is 6.12. The molecule has 0 aliphatic carbocycles. The van der Waals surface area contributed by atoms with Crippen LogP contribution < -0.4 is 4.74 Å². The van der Waals surface area contributed by atoms with Gasteiger partial charge >= 0.3 is 0 Å². The van der Waals surface area contributed by atoms with Crippen molar-refractivity contribution in [3.8, 4) is 5.75 Å². The summed E-state index contributed by atoms with van der Waals surface area (Å²) in [5.74, 6) is 0.189. The summed E-state index contributed by atoms with van der Waals surface area (Å²) in [6.07, 6.45) is 0.365. The molecule has 1 heterocycles. The van der Waals surface area contributed by atoms with Crippen LogP contribution in [0.25, 0.3) is 0 Å². The Morgan fingerprint density at radius 1 is 1.15 bits per heavy atom. The van der Waals surface area contributed by atoms with Gasteiger partial charge in [0, 0.05) is 17.9 Å². The summed E-state index contributed by atoms with van der Waals surface area (Å²) in [5, 5.41) is 9.82. The lowest BCUT2D eigenvalue weighted by molar-refractivity contribution is -0.267. The quantitative estimate of drug-likeness (QED) is 0.356. The molecular formula is C25H32O8S. The lowest BCUT2D eigenvalue weighted by atomic mass is 9.91. The third kappa shape index (κ3) is 7.63. The Morgan fingerprint density at radius 2 is 1.85 bits per heavy atom. The van der Waals surface area contributed by atoms with Crippen LogP contribution in [-0.2, 0) is 35.1 Å². The smallest absolute Gasteiger partial charge is 0.264 e. The van der Waals surface area contributed by atoms with Gasteiger partial charge in [-0.15, -0.1) is 6.58 Å². The van der Waals surface area contributed by atoms with Gasteiger partial charge in [-0.1, -0.05) is 48.5 Å². The van der Waals surface area contributed by atoms with Gasteiger partial charge in [-0.05, 0) is 17.7 Å². The van der Waals surface area contributed by atoms with Gasteiger partial charge in [-0.2, -0.15) is 8.42 Å². The van der Waals surface area contributed by atoms with Gasteiger partial charge in [0.05, 0.1) is 45.4 Å². The second-order valence-corrected chi connectivity index (χ2v) is 9.71. The van der Waals surface area contributed by atoms with Crippen LogP contribution in [0.1, 0.15) is 23.8 Å². The zero-order valence-electron chi connectivity index (χ0n) is 19.4. The molecular weight excluding hydrogens is 460 g/mol. The maximum atomic E-state index is 11.7. The summed E-state index contributed by atoms with van der Waals surface area (Å²) in [7, 11) is -2.17. The largest absolute Gasteiger partial charge is 0.497 e. The molecule has 0 unspecified atom stereocenters. The highest BCUT2D eigenvalue weighted by atomic mass is 32.2. The van der Waals surface area contributed by atoms with Gasteiger partial charge in [0.1, 0.15) is 11.9 Å². The molecule has 2 aromatic carbocycles. The van der Waals surface area contributed by atoms with Gasteiger partial charge in [-0.3, -0.25) is 4.18 Å². The normalized spacial score (nSPS) is 22.6. The molecule has 2 aromatic rings. The Bertz CT molecular complexity index is 993. The van der Waals surface area contributed by atoms with Crippen LogP contribution in [0.15, 0.2) is 67.3 Å². The van der Waals surface area contributed by atoms with Crippen molar-refractivity contribution in [1.82, 2.24) is 0 Å². The van der Waals surface area contributed by atoms with Crippen molar-refractivity contribution in [2.24, 2.45) is 5.92 Å². The number of rotatable bonds is 12. The Kier molecular flexibility index (Phi) is 9.63. The van der Waals surface area contributed by atoms with E-state index in [0.717, 1.165) is 23.1 Å². The van der Waals surface area contributed by atoms with Crippen molar-refractivity contribution in [3.05, 3.63) is 78.4 Å². The Balaban J connectivity index is 1.72. The van der Waals surface area contributed by atoms with Gasteiger partial charge in [0.15, 0.2) is 6.29 Å². The number of ether oxygens (including phenoxy) is 4. The van der Waals surface area contributed by atoms with Gasteiger partial charge in [-0.25, -0.2) is 0 Å². The minimum Gasteiger partial charge on any atom is -0.497 e. The molecule has 8 nitrogen and oxygen atoms in total. The first-order chi connectivity index (χ1) is 16.3. The lowest BCUT2D eigenvalue weighted by Crippen LogP contribution is -2.45. The van der Waals surface area contributed by atoms with Crippen molar-refractivity contribution in [2.75, 3.05) is 26.6 Å². The molecule has 3 rings (SSSR count). The number of methoxy groups -OCH3 is 1. The molecule has 1 aliphatic heterocycles. The van der Waals surface area contributed by atoms with Crippen LogP contribution in [0.5, 0.6) is 5.75 Å². The Labute approximate surface area is 201 Å². The van der Waals surface area contributed by atoms with Crippen LogP contribution in [0.2, 0.25) is 0 Å². The summed E-state index contributed by atoms with van der Waals surface area (Å²) in [5.41, 5.74) is 1.81. The first kappa shape index (κ1) is 26.3. The molecule has 9 heteroatoms. The fourth-order valence-corrected chi connectivity index (χ4v) is 4.51. The topological polar surface area (TPSA) is 101 Å². The van der Waals surface area contributed by atoms with E-state index in [1.54, 1.807) is 13.2 Å². The summed E-state index contributed by atoms with van der Waals surface area (Å²) >= 11 is 0. The first-order valence-corrected chi connectivity index (χ1v) is 12.8. The molecule has 5 atom stereocenters. The van der Waals surface area contributed by atoms with Crippen LogP contribution >= 0.6 is 0 Å². The summed E-state index contributed by atoms with van der Waals surface area (Å²) in [4.78, 5) is 0. The number of aliphatic hydroxyl groups excluding tert-OH is 1. The minimum absolute atomic E-state index is 0.301. The van der Waals surface area contributed by atoms with Crippen molar-refractivity contribution < 1.29 is 36.7 Å². The fraction of sp³-hybridized carbons (Fsp3) is 0.440.